The van der Waals surface area contributed by atoms with Crippen LogP contribution in [0.15, 0.2) is 41.0 Å². The van der Waals surface area contributed by atoms with Gasteiger partial charge in [-0.15, -0.1) is 0 Å². The van der Waals surface area contributed by atoms with Crippen LogP contribution in [0.25, 0.3) is 11.0 Å². The lowest BCUT2D eigenvalue weighted by atomic mass is 10.0. The predicted molar refractivity (Wildman–Crippen MR) is 76.8 cm³/mol. The fourth-order valence-corrected chi connectivity index (χ4v) is 2.41. The molecule has 21 heavy (non-hydrogen) atoms. The van der Waals surface area contributed by atoms with Crippen LogP contribution in [0.2, 0.25) is 0 Å². The Morgan fingerprint density at radius 1 is 1.38 bits per heavy atom. The van der Waals surface area contributed by atoms with E-state index in [1.807, 2.05) is 30.3 Å². The summed E-state index contributed by atoms with van der Waals surface area (Å²) in [5.41, 5.74) is 2.37. The SMILES string of the molecule is Cc1ccoc1C(=O)C(C#N)c1nc2ccccc2n1C. The molecule has 3 rings (SSSR count). The Morgan fingerprint density at radius 3 is 2.76 bits per heavy atom. The standard InChI is InChI=1S/C16H13N3O2/c1-10-7-8-21-15(10)14(20)11(9-17)16-18-12-5-3-4-6-13(12)19(16)2/h3-8,11H,1-2H3. The molecule has 0 aliphatic rings. The number of Topliss-reactive ketones (excluding diaryl/α,β-unsaturated/α-hetero) is 1. The van der Waals surface area contributed by atoms with E-state index in [2.05, 4.69) is 4.98 Å². The summed E-state index contributed by atoms with van der Waals surface area (Å²) in [6.45, 7) is 1.78. The Kier molecular flexibility index (Phi) is 3.07. The number of hydrogen-bond acceptors (Lipinski definition) is 4. The van der Waals surface area contributed by atoms with Gasteiger partial charge in [-0.05, 0) is 30.7 Å². The summed E-state index contributed by atoms with van der Waals surface area (Å²) in [5, 5.41) is 9.42. The summed E-state index contributed by atoms with van der Waals surface area (Å²) in [7, 11) is 1.80. The minimum atomic E-state index is -0.979. The summed E-state index contributed by atoms with van der Waals surface area (Å²) < 4.78 is 6.98. The Labute approximate surface area is 121 Å². The number of ketones is 1. The lowest BCUT2D eigenvalue weighted by Gasteiger charge is -2.07. The predicted octanol–water partition coefficient (Wildman–Crippen LogP) is 2.96. The van der Waals surface area contributed by atoms with E-state index in [9.17, 15) is 10.1 Å². The van der Waals surface area contributed by atoms with Gasteiger partial charge in [0.05, 0.1) is 23.4 Å². The number of benzene rings is 1. The van der Waals surface area contributed by atoms with E-state index >= 15 is 0 Å². The normalized spacial score (nSPS) is 12.2. The van der Waals surface area contributed by atoms with Gasteiger partial charge in [-0.3, -0.25) is 4.79 Å². The first-order valence-corrected chi connectivity index (χ1v) is 6.52. The molecular weight excluding hydrogens is 266 g/mol. The summed E-state index contributed by atoms with van der Waals surface area (Å²) >= 11 is 0. The number of hydrogen-bond donors (Lipinski definition) is 0. The Bertz CT molecular complexity index is 867. The number of rotatable bonds is 3. The Balaban J connectivity index is 2.11. The summed E-state index contributed by atoms with van der Waals surface area (Å²) in [5.74, 6) is -0.696. The number of para-hydroxylation sites is 2. The van der Waals surface area contributed by atoms with Crippen molar-refractivity contribution in [2.24, 2.45) is 7.05 Å². The molecule has 0 spiro atoms. The molecule has 5 nitrogen and oxygen atoms in total. The van der Waals surface area contributed by atoms with Gasteiger partial charge in [-0.25, -0.2) is 4.98 Å². The van der Waals surface area contributed by atoms with E-state index in [1.54, 1.807) is 24.6 Å². The zero-order valence-electron chi connectivity index (χ0n) is 11.7. The van der Waals surface area contributed by atoms with E-state index in [-0.39, 0.29) is 11.5 Å². The van der Waals surface area contributed by atoms with Gasteiger partial charge in [0, 0.05) is 7.05 Å². The minimum absolute atomic E-state index is 0.216. The highest BCUT2D eigenvalue weighted by Gasteiger charge is 2.29. The third-order valence-corrected chi connectivity index (χ3v) is 3.56. The largest absolute Gasteiger partial charge is 0.461 e. The Morgan fingerprint density at radius 2 is 2.14 bits per heavy atom. The summed E-state index contributed by atoms with van der Waals surface area (Å²) in [4.78, 5) is 16.9. The van der Waals surface area contributed by atoms with Crippen molar-refractivity contribution in [3.8, 4) is 6.07 Å². The zero-order chi connectivity index (χ0) is 15.0. The average Bonchev–Trinajstić information content (AvgIpc) is 3.05. The van der Waals surface area contributed by atoms with Gasteiger partial charge in [0.15, 0.2) is 11.7 Å². The maximum atomic E-state index is 12.5. The molecule has 0 N–H and O–H groups in total. The number of aryl methyl sites for hydroxylation is 2. The smallest absolute Gasteiger partial charge is 0.223 e. The van der Waals surface area contributed by atoms with Crippen LogP contribution in [-0.4, -0.2) is 15.3 Å². The molecule has 104 valence electrons. The molecule has 1 unspecified atom stereocenters. The van der Waals surface area contributed by atoms with Gasteiger partial charge in [0.25, 0.3) is 0 Å². The van der Waals surface area contributed by atoms with Crippen molar-refractivity contribution in [2.45, 2.75) is 12.8 Å². The molecule has 0 fully saturated rings. The number of fused-ring (bicyclic) bond motifs is 1. The molecule has 3 aromatic rings. The molecule has 0 aliphatic carbocycles. The lowest BCUT2D eigenvalue weighted by molar-refractivity contribution is 0.0947. The van der Waals surface area contributed by atoms with Crippen LogP contribution in [0, 0.1) is 18.3 Å². The fraction of sp³-hybridized carbons (Fsp3) is 0.188. The topological polar surface area (TPSA) is 71.8 Å². The molecular formula is C16H13N3O2. The van der Waals surface area contributed by atoms with Crippen LogP contribution in [-0.2, 0) is 7.05 Å². The van der Waals surface area contributed by atoms with Crippen molar-refractivity contribution in [3.05, 3.63) is 53.7 Å². The molecule has 0 saturated carbocycles. The molecule has 0 saturated heterocycles. The van der Waals surface area contributed by atoms with E-state index in [1.165, 1.54) is 6.26 Å². The van der Waals surface area contributed by atoms with E-state index in [0.29, 0.717) is 5.82 Å². The van der Waals surface area contributed by atoms with Gasteiger partial charge in [-0.1, -0.05) is 12.1 Å². The monoisotopic (exact) mass is 279 g/mol. The second-order valence-electron chi connectivity index (χ2n) is 4.88. The maximum absolute atomic E-state index is 12.5. The molecule has 0 bridgehead atoms. The van der Waals surface area contributed by atoms with Crippen LogP contribution >= 0.6 is 0 Å². The fourth-order valence-electron chi connectivity index (χ4n) is 2.41. The molecule has 1 aromatic carbocycles. The van der Waals surface area contributed by atoms with E-state index in [0.717, 1.165) is 16.6 Å². The highest BCUT2D eigenvalue weighted by atomic mass is 16.3. The quantitative estimate of drug-likeness (QED) is 0.691. The van der Waals surface area contributed by atoms with Gasteiger partial charge in [0.2, 0.25) is 5.78 Å². The van der Waals surface area contributed by atoms with Crippen LogP contribution in [0.5, 0.6) is 0 Å². The van der Waals surface area contributed by atoms with Crippen molar-refractivity contribution >= 4 is 16.8 Å². The number of carbonyl (C=O) groups excluding carboxylic acids is 1. The molecule has 2 aromatic heterocycles. The van der Waals surface area contributed by atoms with Gasteiger partial charge < -0.3 is 8.98 Å². The van der Waals surface area contributed by atoms with Gasteiger partial charge in [0.1, 0.15) is 5.82 Å². The van der Waals surface area contributed by atoms with Crippen LogP contribution < -0.4 is 0 Å². The number of nitrogens with zero attached hydrogens (tertiary/aromatic N) is 3. The third kappa shape index (κ3) is 2.01. The molecule has 0 aliphatic heterocycles. The first-order chi connectivity index (χ1) is 10.1. The number of imidazole rings is 1. The molecule has 5 heteroatoms. The summed E-state index contributed by atoms with van der Waals surface area (Å²) in [6.07, 6.45) is 1.45. The number of carbonyl (C=O) groups is 1. The molecule has 0 radical (unpaired) electrons. The zero-order valence-corrected chi connectivity index (χ0v) is 11.7. The highest BCUT2D eigenvalue weighted by Crippen LogP contribution is 2.25. The molecule has 0 amide bonds. The Hall–Kier alpha value is -2.87. The van der Waals surface area contributed by atoms with Crippen molar-refractivity contribution in [1.29, 1.82) is 5.26 Å². The second-order valence-corrected chi connectivity index (χ2v) is 4.88. The van der Waals surface area contributed by atoms with Gasteiger partial charge in [-0.2, -0.15) is 5.26 Å². The third-order valence-electron chi connectivity index (χ3n) is 3.56. The number of aromatic nitrogens is 2. The summed E-state index contributed by atoms with van der Waals surface area (Å²) in [6, 6.07) is 11.3. The highest BCUT2D eigenvalue weighted by molar-refractivity contribution is 6.01. The van der Waals surface area contributed by atoms with Crippen LogP contribution in [0.4, 0.5) is 0 Å². The first-order valence-electron chi connectivity index (χ1n) is 6.52. The second kappa shape index (κ2) is 4.91. The van der Waals surface area contributed by atoms with Crippen molar-refractivity contribution < 1.29 is 9.21 Å². The van der Waals surface area contributed by atoms with Crippen LogP contribution in [0.1, 0.15) is 27.9 Å². The van der Waals surface area contributed by atoms with E-state index < -0.39 is 5.92 Å². The first kappa shape index (κ1) is 13.1. The van der Waals surface area contributed by atoms with E-state index in [4.69, 9.17) is 4.42 Å². The van der Waals surface area contributed by atoms with Gasteiger partial charge >= 0.3 is 0 Å². The van der Waals surface area contributed by atoms with Crippen molar-refractivity contribution in [3.63, 3.8) is 0 Å². The minimum Gasteiger partial charge on any atom is -0.461 e. The average molecular weight is 279 g/mol. The van der Waals surface area contributed by atoms with Crippen molar-refractivity contribution in [2.75, 3.05) is 0 Å². The molecule has 1 atom stereocenters. The lowest BCUT2D eigenvalue weighted by Crippen LogP contribution is -2.15. The number of furan rings is 1. The maximum Gasteiger partial charge on any atom is 0.223 e. The van der Waals surface area contributed by atoms with Crippen LogP contribution in [0.3, 0.4) is 0 Å². The molecule has 2 heterocycles. The van der Waals surface area contributed by atoms with Crippen molar-refractivity contribution in [1.82, 2.24) is 9.55 Å². The number of nitriles is 1.